The second kappa shape index (κ2) is 9.96. The van der Waals surface area contributed by atoms with Crippen LogP contribution in [0.2, 0.25) is 0 Å². The number of nitrogens with zero attached hydrogens (tertiary/aromatic N) is 1. The van der Waals surface area contributed by atoms with Gasteiger partial charge < -0.3 is 10.1 Å². The summed E-state index contributed by atoms with van der Waals surface area (Å²) in [5.41, 5.74) is 1.37. The molecule has 108 valence electrons. The summed E-state index contributed by atoms with van der Waals surface area (Å²) in [5.74, 6) is 0. The summed E-state index contributed by atoms with van der Waals surface area (Å²) >= 11 is 0. The van der Waals surface area contributed by atoms with Crippen LogP contribution in [0.1, 0.15) is 25.8 Å². The van der Waals surface area contributed by atoms with Crippen LogP contribution in [0, 0.1) is 0 Å². The maximum absolute atomic E-state index is 5.32. The summed E-state index contributed by atoms with van der Waals surface area (Å²) in [5, 5.41) is 3.49. The van der Waals surface area contributed by atoms with Crippen LogP contribution < -0.4 is 5.32 Å². The van der Waals surface area contributed by atoms with Gasteiger partial charge in [-0.3, -0.25) is 4.90 Å². The van der Waals surface area contributed by atoms with Crippen LogP contribution in [0.3, 0.4) is 0 Å². The molecule has 1 unspecified atom stereocenters. The van der Waals surface area contributed by atoms with Gasteiger partial charge in [-0.05, 0) is 39.4 Å². The van der Waals surface area contributed by atoms with Crippen molar-refractivity contribution in [1.82, 2.24) is 10.2 Å². The highest BCUT2D eigenvalue weighted by atomic mass is 16.5. The van der Waals surface area contributed by atoms with Crippen molar-refractivity contribution in [3.63, 3.8) is 0 Å². The first-order chi connectivity index (χ1) is 9.24. The number of rotatable bonds is 10. The summed E-state index contributed by atoms with van der Waals surface area (Å²) in [4.78, 5) is 2.38. The Hall–Kier alpha value is -0.900. The van der Waals surface area contributed by atoms with Crippen molar-refractivity contribution in [1.29, 1.82) is 0 Å². The Morgan fingerprint density at radius 2 is 2.00 bits per heavy atom. The van der Waals surface area contributed by atoms with Crippen molar-refractivity contribution >= 4 is 0 Å². The number of benzene rings is 1. The third-order valence-electron chi connectivity index (χ3n) is 3.31. The van der Waals surface area contributed by atoms with E-state index in [1.807, 2.05) is 6.92 Å². The largest absolute Gasteiger partial charge is 0.382 e. The number of likely N-dealkylation sites (N-methyl/N-ethyl adjacent to an activating group) is 1. The smallest absolute Gasteiger partial charge is 0.0477 e. The van der Waals surface area contributed by atoms with Crippen LogP contribution in [0.4, 0.5) is 0 Å². The van der Waals surface area contributed by atoms with E-state index >= 15 is 0 Å². The average molecular weight is 264 g/mol. The topological polar surface area (TPSA) is 24.5 Å². The Kier molecular flexibility index (Phi) is 8.47. The molecule has 19 heavy (non-hydrogen) atoms. The van der Waals surface area contributed by atoms with E-state index in [9.17, 15) is 0 Å². The Labute approximate surface area is 118 Å². The van der Waals surface area contributed by atoms with Crippen LogP contribution in [0.15, 0.2) is 30.3 Å². The maximum Gasteiger partial charge on any atom is 0.0477 e. The lowest BCUT2D eigenvalue weighted by molar-refractivity contribution is 0.144. The maximum atomic E-state index is 5.32. The van der Waals surface area contributed by atoms with Crippen LogP contribution in [0.5, 0.6) is 0 Å². The summed E-state index contributed by atoms with van der Waals surface area (Å²) < 4.78 is 5.32. The van der Waals surface area contributed by atoms with Crippen LogP contribution in [-0.2, 0) is 11.3 Å². The second-order valence-electron chi connectivity index (χ2n) is 5.00. The highest BCUT2D eigenvalue weighted by molar-refractivity contribution is 5.14. The zero-order valence-electron chi connectivity index (χ0n) is 12.6. The molecule has 3 nitrogen and oxygen atoms in total. The van der Waals surface area contributed by atoms with Gasteiger partial charge in [0.25, 0.3) is 0 Å². The SMILES string of the molecule is CCOCCCNCC(C)N(C)Cc1ccccc1. The van der Waals surface area contributed by atoms with Gasteiger partial charge >= 0.3 is 0 Å². The van der Waals surface area contributed by atoms with Crippen LogP contribution in [0.25, 0.3) is 0 Å². The minimum atomic E-state index is 0.535. The Balaban J connectivity index is 2.13. The van der Waals surface area contributed by atoms with Crippen molar-refractivity contribution in [3.05, 3.63) is 35.9 Å². The number of hydrogen-bond donors (Lipinski definition) is 1. The van der Waals surface area contributed by atoms with Gasteiger partial charge in [0.2, 0.25) is 0 Å². The molecule has 0 amide bonds. The minimum absolute atomic E-state index is 0.535. The lowest BCUT2D eigenvalue weighted by Gasteiger charge is -2.25. The summed E-state index contributed by atoms with van der Waals surface area (Å²) in [6.45, 7) is 9.03. The van der Waals surface area contributed by atoms with E-state index in [0.29, 0.717) is 6.04 Å². The fourth-order valence-electron chi connectivity index (χ4n) is 1.94. The average Bonchev–Trinajstić information content (AvgIpc) is 2.43. The number of nitrogens with one attached hydrogen (secondary N) is 1. The molecule has 0 aromatic heterocycles. The lowest BCUT2D eigenvalue weighted by Crippen LogP contribution is -2.38. The van der Waals surface area contributed by atoms with Gasteiger partial charge in [0.05, 0.1) is 0 Å². The van der Waals surface area contributed by atoms with Crippen LogP contribution in [-0.4, -0.2) is 44.3 Å². The van der Waals surface area contributed by atoms with Crippen molar-refractivity contribution in [2.75, 3.05) is 33.4 Å². The molecular formula is C16H28N2O. The van der Waals surface area contributed by atoms with E-state index < -0.39 is 0 Å². The number of ether oxygens (including phenoxy) is 1. The van der Waals surface area contributed by atoms with E-state index in [-0.39, 0.29) is 0 Å². The van der Waals surface area contributed by atoms with E-state index in [0.717, 1.165) is 39.3 Å². The highest BCUT2D eigenvalue weighted by Crippen LogP contribution is 2.05. The van der Waals surface area contributed by atoms with Gasteiger partial charge in [-0.15, -0.1) is 0 Å². The van der Waals surface area contributed by atoms with E-state index in [2.05, 4.69) is 54.5 Å². The zero-order chi connectivity index (χ0) is 13.9. The first-order valence-electron chi connectivity index (χ1n) is 7.26. The van der Waals surface area contributed by atoms with E-state index in [1.165, 1.54) is 5.56 Å². The van der Waals surface area contributed by atoms with Gasteiger partial charge in [0, 0.05) is 32.3 Å². The molecule has 0 heterocycles. The molecule has 0 aliphatic heterocycles. The fourth-order valence-corrected chi connectivity index (χ4v) is 1.94. The van der Waals surface area contributed by atoms with Crippen molar-refractivity contribution in [2.45, 2.75) is 32.9 Å². The Morgan fingerprint density at radius 3 is 2.68 bits per heavy atom. The molecule has 0 bridgehead atoms. The molecule has 1 atom stereocenters. The summed E-state index contributed by atoms with van der Waals surface area (Å²) in [6.07, 6.45) is 1.09. The lowest BCUT2D eigenvalue weighted by atomic mass is 10.2. The quantitative estimate of drug-likeness (QED) is 0.657. The van der Waals surface area contributed by atoms with Gasteiger partial charge in [0.1, 0.15) is 0 Å². The second-order valence-corrected chi connectivity index (χ2v) is 5.00. The van der Waals surface area contributed by atoms with Gasteiger partial charge in [0.15, 0.2) is 0 Å². The predicted octanol–water partition coefficient (Wildman–Crippen LogP) is 2.52. The predicted molar refractivity (Wildman–Crippen MR) is 81.4 cm³/mol. The molecular weight excluding hydrogens is 236 g/mol. The molecule has 1 N–H and O–H groups in total. The van der Waals surface area contributed by atoms with Crippen LogP contribution >= 0.6 is 0 Å². The molecule has 1 rings (SSSR count). The first kappa shape index (κ1) is 16.2. The zero-order valence-corrected chi connectivity index (χ0v) is 12.6. The Bertz CT molecular complexity index is 316. The third-order valence-corrected chi connectivity index (χ3v) is 3.31. The molecule has 0 radical (unpaired) electrons. The molecule has 0 spiro atoms. The standard InChI is InChI=1S/C16H28N2O/c1-4-19-12-8-11-17-13-15(2)18(3)14-16-9-6-5-7-10-16/h5-7,9-10,15,17H,4,8,11-14H2,1-3H3. The molecule has 0 fully saturated rings. The van der Waals surface area contributed by atoms with Crippen molar-refractivity contribution < 1.29 is 4.74 Å². The minimum Gasteiger partial charge on any atom is -0.382 e. The molecule has 0 aliphatic carbocycles. The van der Waals surface area contributed by atoms with Crippen molar-refractivity contribution in [3.8, 4) is 0 Å². The molecule has 1 aromatic rings. The summed E-state index contributed by atoms with van der Waals surface area (Å²) in [7, 11) is 2.18. The highest BCUT2D eigenvalue weighted by Gasteiger charge is 2.08. The Morgan fingerprint density at radius 1 is 1.26 bits per heavy atom. The number of hydrogen-bond acceptors (Lipinski definition) is 3. The molecule has 0 saturated heterocycles. The monoisotopic (exact) mass is 264 g/mol. The normalized spacial score (nSPS) is 12.8. The van der Waals surface area contributed by atoms with E-state index in [1.54, 1.807) is 0 Å². The molecule has 0 saturated carbocycles. The molecule has 1 aromatic carbocycles. The molecule has 0 aliphatic rings. The summed E-state index contributed by atoms with van der Waals surface area (Å²) in [6, 6.07) is 11.1. The molecule has 3 heteroatoms. The third kappa shape index (κ3) is 7.31. The van der Waals surface area contributed by atoms with Gasteiger partial charge in [-0.1, -0.05) is 30.3 Å². The van der Waals surface area contributed by atoms with E-state index in [4.69, 9.17) is 4.74 Å². The fraction of sp³-hybridized carbons (Fsp3) is 0.625. The van der Waals surface area contributed by atoms with Gasteiger partial charge in [-0.2, -0.15) is 0 Å². The van der Waals surface area contributed by atoms with Gasteiger partial charge in [-0.25, -0.2) is 0 Å². The first-order valence-corrected chi connectivity index (χ1v) is 7.26. The van der Waals surface area contributed by atoms with Crippen molar-refractivity contribution in [2.24, 2.45) is 0 Å².